The molecule has 140 valence electrons. The van der Waals surface area contributed by atoms with Gasteiger partial charge in [-0.3, -0.25) is 24.0 Å². The van der Waals surface area contributed by atoms with Crippen molar-refractivity contribution in [3.8, 4) is 0 Å². The van der Waals surface area contributed by atoms with Gasteiger partial charge >= 0.3 is 0 Å². The molecule has 2 aliphatic rings. The van der Waals surface area contributed by atoms with Crippen LogP contribution in [0.15, 0.2) is 18.2 Å². The normalized spacial score (nSPS) is 18.1. The van der Waals surface area contributed by atoms with Crippen LogP contribution in [-0.4, -0.2) is 50.4 Å². The maximum Gasteiger partial charge on any atom is 0.234 e. The molecule has 8 nitrogen and oxygen atoms in total. The molecular formula is C17H21N3O5S. The fourth-order valence-electron chi connectivity index (χ4n) is 3.21. The van der Waals surface area contributed by atoms with Crippen LogP contribution < -0.4 is 9.62 Å². The third kappa shape index (κ3) is 3.87. The highest BCUT2D eigenvalue weighted by Crippen LogP contribution is 2.29. The van der Waals surface area contributed by atoms with E-state index in [9.17, 15) is 22.8 Å². The number of hydrogen-bond donors (Lipinski definition) is 1. The Kier molecular flexibility index (Phi) is 4.99. The molecule has 0 atom stereocenters. The molecule has 0 spiro atoms. The topological polar surface area (TPSA) is 104 Å². The number of anilines is 2. The lowest BCUT2D eigenvalue weighted by Gasteiger charge is -2.26. The molecule has 2 aliphatic heterocycles. The van der Waals surface area contributed by atoms with Crippen molar-refractivity contribution in [2.75, 3.05) is 29.0 Å². The van der Waals surface area contributed by atoms with E-state index in [2.05, 4.69) is 4.72 Å². The van der Waals surface area contributed by atoms with Crippen LogP contribution in [0.2, 0.25) is 0 Å². The summed E-state index contributed by atoms with van der Waals surface area (Å²) in [7, 11) is -2.02. The molecule has 1 aromatic rings. The van der Waals surface area contributed by atoms with Crippen molar-refractivity contribution >= 4 is 39.1 Å². The number of piperidine rings is 1. The van der Waals surface area contributed by atoms with E-state index in [-0.39, 0.29) is 42.9 Å². The quantitative estimate of drug-likeness (QED) is 0.765. The van der Waals surface area contributed by atoms with Crippen molar-refractivity contribution in [1.29, 1.82) is 0 Å². The monoisotopic (exact) mass is 379 g/mol. The fraction of sp³-hybridized carbons (Fsp3) is 0.471. The fourth-order valence-corrected chi connectivity index (χ4v) is 4.22. The number of carbonyl (C=O) groups is 3. The van der Waals surface area contributed by atoms with Gasteiger partial charge in [-0.2, -0.15) is 0 Å². The summed E-state index contributed by atoms with van der Waals surface area (Å²) in [5, 5.41) is 0. The number of imide groups is 1. The highest BCUT2D eigenvalue weighted by molar-refractivity contribution is 7.92. The number of aryl methyl sites for hydroxylation is 1. The molecule has 9 heteroatoms. The second-order valence-corrected chi connectivity index (χ2v) is 8.35. The Morgan fingerprint density at radius 2 is 1.69 bits per heavy atom. The zero-order valence-electron chi connectivity index (χ0n) is 14.5. The Hall–Kier alpha value is -2.42. The van der Waals surface area contributed by atoms with Gasteiger partial charge in [0.15, 0.2) is 0 Å². The molecule has 0 aliphatic carbocycles. The molecule has 1 aromatic carbocycles. The Balaban J connectivity index is 1.67. The first-order valence-corrected chi connectivity index (χ1v) is 10.2. The van der Waals surface area contributed by atoms with E-state index in [4.69, 9.17) is 0 Å². The number of sulfonamides is 1. The number of fused-ring (bicyclic) bond motifs is 1. The van der Waals surface area contributed by atoms with Crippen molar-refractivity contribution in [3.63, 3.8) is 0 Å². The van der Waals surface area contributed by atoms with Gasteiger partial charge in [0.2, 0.25) is 27.7 Å². The summed E-state index contributed by atoms with van der Waals surface area (Å²) in [5.74, 6) is -0.961. The molecule has 1 fully saturated rings. The molecule has 0 aromatic heterocycles. The van der Waals surface area contributed by atoms with E-state index >= 15 is 0 Å². The van der Waals surface area contributed by atoms with Crippen molar-refractivity contribution < 1.29 is 22.8 Å². The molecule has 1 saturated heterocycles. The van der Waals surface area contributed by atoms with E-state index in [0.29, 0.717) is 24.9 Å². The summed E-state index contributed by atoms with van der Waals surface area (Å²) in [4.78, 5) is 37.8. The molecule has 1 N–H and O–H groups in total. The Labute approximate surface area is 152 Å². The maximum absolute atomic E-state index is 12.3. The Morgan fingerprint density at radius 1 is 1.00 bits per heavy atom. The van der Waals surface area contributed by atoms with Gasteiger partial charge in [-0.15, -0.1) is 0 Å². The lowest BCUT2D eigenvalue weighted by molar-refractivity contribution is -0.147. The van der Waals surface area contributed by atoms with E-state index in [1.165, 1.54) is 0 Å². The van der Waals surface area contributed by atoms with Gasteiger partial charge in [0.05, 0.1) is 5.75 Å². The summed E-state index contributed by atoms with van der Waals surface area (Å²) in [6.45, 7) is -0.144. The summed E-state index contributed by atoms with van der Waals surface area (Å²) in [5.41, 5.74) is 2.07. The van der Waals surface area contributed by atoms with Gasteiger partial charge < -0.3 is 4.90 Å². The van der Waals surface area contributed by atoms with Gasteiger partial charge in [0, 0.05) is 44.2 Å². The molecule has 0 radical (unpaired) electrons. The second-order valence-electron chi connectivity index (χ2n) is 6.51. The van der Waals surface area contributed by atoms with Gasteiger partial charge in [-0.05, 0) is 36.6 Å². The summed E-state index contributed by atoms with van der Waals surface area (Å²) in [6.07, 6.45) is 2.02. The molecule has 3 rings (SSSR count). The predicted molar refractivity (Wildman–Crippen MR) is 96.2 cm³/mol. The van der Waals surface area contributed by atoms with Crippen LogP contribution in [0.3, 0.4) is 0 Å². The molecule has 2 heterocycles. The smallest absolute Gasteiger partial charge is 0.234 e. The average Bonchev–Trinajstić information content (AvgIpc) is 2.57. The van der Waals surface area contributed by atoms with E-state index in [1.54, 1.807) is 30.1 Å². The van der Waals surface area contributed by atoms with Crippen LogP contribution in [0, 0.1) is 0 Å². The van der Waals surface area contributed by atoms with Crippen LogP contribution in [0.5, 0.6) is 0 Å². The SMILES string of the molecule is CN1C(=O)CCc2cc(NS(=O)(=O)CCN3C(=O)CCCC3=O)ccc21. The zero-order chi connectivity index (χ0) is 18.9. The molecule has 26 heavy (non-hydrogen) atoms. The predicted octanol–water partition coefficient (Wildman–Crippen LogP) is 0.876. The minimum Gasteiger partial charge on any atom is -0.315 e. The maximum atomic E-state index is 12.3. The average molecular weight is 379 g/mol. The summed E-state index contributed by atoms with van der Waals surface area (Å²) < 4.78 is 27.1. The highest BCUT2D eigenvalue weighted by atomic mass is 32.2. The first kappa shape index (κ1) is 18.4. The summed E-state index contributed by atoms with van der Waals surface area (Å²) >= 11 is 0. The lowest BCUT2D eigenvalue weighted by Crippen LogP contribution is -2.43. The van der Waals surface area contributed by atoms with Gasteiger partial charge in [0.1, 0.15) is 0 Å². The number of likely N-dealkylation sites (tertiary alicyclic amines) is 1. The standard InChI is InChI=1S/C17H21N3O5S/c1-19-14-7-6-13(11-12(14)5-8-15(19)21)18-26(24,25)10-9-20-16(22)3-2-4-17(20)23/h6-7,11,18H,2-5,8-10H2,1H3. The molecule has 0 bridgehead atoms. The first-order valence-electron chi connectivity index (χ1n) is 8.50. The number of benzene rings is 1. The summed E-state index contributed by atoms with van der Waals surface area (Å²) in [6, 6.07) is 5.03. The minimum absolute atomic E-state index is 0.0293. The van der Waals surface area contributed by atoms with Crippen LogP contribution >= 0.6 is 0 Å². The molecular weight excluding hydrogens is 358 g/mol. The van der Waals surface area contributed by atoms with Crippen LogP contribution in [0.25, 0.3) is 0 Å². The lowest BCUT2D eigenvalue weighted by atomic mass is 10.0. The molecule has 3 amide bonds. The van der Waals surface area contributed by atoms with Crippen LogP contribution in [-0.2, 0) is 30.8 Å². The van der Waals surface area contributed by atoms with E-state index in [0.717, 1.165) is 16.2 Å². The molecule has 0 unspecified atom stereocenters. The number of rotatable bonds is 5. The van der Waals surface area contributed by atoms with Gasteiger partial charge in [-0.25, -0.2) is 8.42 Å². The Morgan fingerprint density at radius 3 is 2.38 bits per heavy atom. The third-order valence-electron chi connectivity index (χ3n) is 4.66. The Bertz CT molecular complexity index is 849. The van der Waals surface area contributed by atoms with E-state index < -0.39 is 10.0 Å². The molecule has 0 saturated carbocycles. The zero-order valence-corrected chi connectivity index (χ0v) is 15.3. The number of nitrogens with zero attached hydrogens (tertiary/aromatic N) is 2. The first-order chi connectivity index (χ1) is 12.3. The minimum atomic E-state index is -3.71. The number of carbonyl (C=O) groups excluding carboxylic acids is 3. The van der Waals surface area contributed by atoms with Crippen molar-refractivity contribution in [1.82, 2.24) is 4.90 Å². The second kappa shape index (κ2) is 7.06. The largest absolute Gasteiger partial charge is 0.315 e. The van der Waals surface area contributed by atoms with Crippen LogP contribution in [0.1, 0.15) is 31.2 Å². The van der Waals surface area contributed by atoms with Gasteiger partial charge in [0.25, 0.3) is 0 Å². The number of hydrogen-bond acceptors (Lipinski definition) is 5. The third-order valence-corrected chi connectivity index (χ3v) is 5.93. The van der Waals surface area contributed by atoms with Crippen molar-refractivity contribution in [3.05, 3.63) is 23.8 Å². The van der Waals surface area contributed by atoms with E-state index in [1.807, 2.05) is 0 Å². The van der Waals surface area contributed by atoms with Crippen molar-refractivity contribution in [2.24, 2.45) is 0 Å². The highest BCUT2D eigenvalue weighted by Gasteiger charge is 2.27. The number of amides is 3. The van der Waals surface area contributed by atoms with Gasteiger partial charge in [-0.1, -0.05) is 0 Å². The van der Waals surface area contributed by atoms with Crippen LogP contribution in [0.4, 0.5) is 11.4 Å². The van der Waals surface area contributed by atoms with Crippen molar-refractivity contribution in [2.45, 2.75) is 32.1 Å². The number of nitrogens with one attached hydrogen (secondary N) is 1.